The topological polar surface area (TPSA) is 38.8 Å². The molecule has 0 unspecified atom stereocenters. The number of carbonyl (C=O) groups is 1. The summed E-state index contributed by atoms with van der Waals surface area (Å²) in [4.78, 5) is 14.0. The molecule has 0 saturated heterocycles. The lowest BCUT2D eigenvalue weighted by atomic mass is 10.1. The lowest BCUT2D eigenvalue weighted by Gasteiger charge is -2.24. The molecule has 0 saturated carbocycles. The molecule has 126 valence electrons. The van der Waals surface area contributed by atoms with Gasteiger partial charge in [0.2, 0.25) is 0 Å². The highest BCUT2D eigenvalue weighted by Gasteiger charge is 2.29. The van der Waals surface area contributed by atoms with Gasteiger partial charge in [-0.3, -0.25) is 4.90 Å². The molecule has 0 spiro atoms. The summed E-state index contributed by atoms with van der Waals surface area (Å²) in [5.74, 6) is 1.60. The van der Waals surface area contributed by atoms with Gasteiger partial charge in [-0.2, -0.15) is 0 Å². The Morgan fingerprint density at radius 1 is 1.08 bits per heavy atom. The molecule has 1 amide bonds. The Balaban J connectivity index is 1.79. The molecule has 4 heteroatoms. The monoisotopic (exact) mass is 325 g/mol. The first kappa shape index (κ1) is 16.4. The van der Waals surface area contributed by atoms with Gasteiger partial charge in [-0.15, -0.1) is 0 Å². The first-order valence-corrected chi connectivity index (χ1v) is 8.15. The summed E-state index contributed by atoms with van der Waals surface area (Å²) in [6.07, 6.45) is -0.291. The quantitative estimate of drug-likeness (QED) is 0.776. The molecule has 24 heavy (non-hydrogen) atoms. The van der Waals surface area contributed by atoms with E-state index in [0.29, 0.717) is 13.1 Å². The Morgan fingerprint density at radius 2 is 1.83 bits per heavy atom. The highest BCUT2D eigenvalue weighted by Crippen LogP contribution is 2.34. The van der Waals surface area contributed by atoms with Crippen LogP contribution < -0.4 is 4.74 Å². The molecule has 1 heterocycles. The fourth-order valence-electron chi connectivity index (χ4n) is 2.75. The number of ether oxygens (including phenoxy) is 2. The molecule has 0 aliphatic carbocycles. The third-order valence-corrected chi connectivity index (χ3v) is 3.81. The van der Waals surface area contributed by atoms with E-state index in [1.165, 1.54) is 0 Å². The van der Waals surface area contributed by atoms with Crippen LogP contribution >= 0.6 is 0 Å². The Hall–Kier alpha value is -2.49. The van der Waals surface area contributed by atoms with Gasteiger partial charge in [-0.25, -0.2) is 4.79 Å². The number of nitrogens with zero attached hydrogens (tertiary/aromatic N) is 1. The molecular formula is C20H23NO3. The Labute approximate surface area is 143 Å². The zero-order chi connectivity index (χ0) is 17.3. The Bertz CT molecular complexity index is 762. The van der Waals surface area contributed by atoms with Crippen molar-refractivity contribution in [2.75, 3.05) is 0 Å². The number of hydrogen-bond acceptors (Lipinski definition) is 3. The summed E-state index contributed by atoms with van der Waals surface area (Å²) in [7, 11) is 0. The predicted octanol–water partition coefficient (Wildman–Crippen LogP) is 5.04. The zero-order valence-corrected chi connectivity index (χ0v) is 14.6. The summed E-state index contributed by atoms with van der Waals surface area (Å²) in [6, 6.07) is 13.9. The second-order valence-electron chi connectivity index (χ2n) is 7.15. The van der Waals surface area contributed by atoms with Gasteiger partial charge in [0.25, 0.3) is 0 Å². The van der Waals surface area contributed by atoms with Gasteiger partial charge in [0.05, 0.1) is 6.54 Å². The van der Waals surface area contributed by atoms with Crippen molar-refractivity contribution in [1.82, 2.24) is 4.90 Å². The standard InChI is InChI=1S/C20H23NO3/c1-14-7-5-9-16(11-14)23-18-10-6-8-15-12-21(13-17(15)18)19(22)24-20(2,3)4/h5-11H,12-13H2,1-4H3. The van der Waals surface area contributed by atoms with Crippen molar-refractivity contribution in [2.24, 2.45) is 0 Å². The largest absolute Gasteiger partial charge is 0.457 e. The molecular weight excluding hydrogens is 302 g/mol. The summed E-state index contributed by atoms with van der Waals surface area (Å²) < 4.78 is 11.5. The van der Waals surface area contributed by atoms with Crippen molar-refractivity contribution in [3.05, 3.63) is 59.2 Å². The third kappa shape index (κ3) is 3.70. The van der Waals surface area contributed by atoms with E-state index < -0.39 is 5.60 Å². The van der Waals surface area contributed by atoms with E-state index in [-0.39, 0.29) is 6.09 Å². The number of rotatable bonds is 2. The van der Waals surface area contributed by atoms with Crippen LogP contribution in [0.5, 0.6) is 11.5 Å². The number of fused-ring (bicyclic) bond motifs is 1. The second kappa shape index (κ2) is 6.19. The van der Waals surface area contributed by atoms with Gasteiger partial charge < -0.3 is 9.47 Å². The van der Waals surface area contributed by atoms with Crippen molar-refractivity contribution >= 4 is 6.09 Å². The van der Waals surface area contributed by atoms with E-state index in [1.54, 1.807) is 4.90 Å². The molecule has 0 N–H and O–H groups in total. The molecule has 3 rings (SSSR count). The number of carbonyl (C=O) groups excluding carboxylic acids is 1. The summed E-state index contributed by atoms with van der Waals surface area (Å²) in [5, 5.41) is 0. The lowest BCUT2D eigenvalue weighted by Crippen LogP contribution is -2.33. The molecule has 0 atom stereocenters. The predicted molar refractivity (Wildman–Crippen MR) is 93.2 cm³/mol. The van der Waals surface area contributed by atoms with Gasteiger partial charge in [0, 0.05) is 12.1 Å². The third-order valence-electron chi connectivity index (χ3n) is 3.81. The van der Waals surface area contributed by atoms with E-state index in [2.05, 4.69) is 0 Å². The van der Waals surface area contributed by atoms with Crippen molar-refractivity contribution in [2.45, 2.75) is 46.4 Å². The van der Waals surface area contributed by atoms with Crippen molar-refractivity contribution < 1.29 is 14.3 Å². The molecule has 2 aromatic rings. The fraction of sp³-hybridized carbons (Fsp3) is 0.350. The Kier molecular flexibility index (Phi) is 4.22. The van der Waals surface area contributed by atoms with Gasteiger partial charge in [-0.05, 0) is 57.0 Å². The van der Waals surface area contributed by atoms with Crippen LogP contribution in [0.4, 0.5) is 4.79 Å². The molecule has 1 aliphatic rings. The number of hydrogen-bond donors (Lipinski definition) is 0. The molecule has 0 radical (unpaired) electrons. The first-order valence-electron chi connectivity index (χ1n) is 8.15. The van der Waals surface area contributed by atoms with Crippen molar-refractivity contribution in [1.29, 1.82) is 0 Å². The van der Waals surface area contributed by atoms with Gasteiger partial charge in [-0.1, -0.05) is 24.3 Å². The minimum absolute atomic E-state index is 0.291. The van der Waals surface area contributed by atoms with Crippen LogP contribution in [-0.4, -0.2) is 16.6 Å². The molecule has 2 aromatic carbocycles. The summed E-state index contributed by atoms with van der Waals surface area (Å²) >= 11 is 0. The van der Waals surface area contributed by atoms with E-state index in [9.17, 15) is 4.79 Å². The molecule has 0 aromatic heterocycles. The van der Waals surface area contributed by atoms with Crippen LogP contribution in [-0.2, 0) is 17.8 Å². The highest BCUT2D eigenvalue weighted by molar-refractivity contribution is 5.70. The smallest absolute Gasteiger partial charge is 0.410 e. The maximum atomic E-state index is 12.3. The summed E-state index contributed by atoms with van der Waals surface area (Å²) in [5.41, 5.74) is 2.80. The van der Waals surface area contributed by atoms with E-state index in [0.717, 1.165) is 28.2 Å². The van der Waals surface area contributed by atoms with Crippen LogP contribution in [0.3, 0.4) is 0 Å². The minimum atomic E-state index is -0.493. The van der Waals surface area contributed by atoms with Crippen molar-refractivity contribution in [3.8, 4) is 11.5 Å². The van der Waals surface area contributed by atoms with Crippen LogP contribution in [0.2, 0.25) is 0 Å². The zero-order valence-electron chi connectivity index (χ0n) is 14.6. The fourth-order valence-corrected chi connectivity index (χ4v) is 2.75. The maximum absolute atomic E-state index is 12.3. The van der Waals surface area contributed by atoms with E-state index in [4.69, 9.17) is 9.47 Å². The van der Waals surface area contributed by atoms with Gasteiger partial charge in [0.1, 0.15) is 17.1 Å². The normalized spacial score (nSPS) is 13.6. The average molecular weight is 325 g/mol. The average Bonchev–Trinajstić information content (AvgIpc) is 2.91. The Morgan fingerprint density at radius 3 is 2.54 bits per heavy atom. The minimum Gasteiger partial charge on any atom is -0.457 e. The van der Waals surface area contributed by atoms with Gasteiger partial charge in [0.15, 0.2) is 0 Å². The second-order valence-corrected chi connectivity index (χ2v) is 7.15. The SMILES string of the molecule is Cc1cccc(Oc2cccc3c2CN(C(=O)OC(C)(C)C)C3)c1. The number of aryl methyl sites for hydroxylation is 1. The van der Waals surface area contributed by atoms with Crippen LogP contribution in [0.15, 0.2) is 42.5 Å². The first-order chi connectivity index (χ1) is 11.3. The molecule has 0 fully saturated rings. The number of amides is 1. The molecule has 0 bridgehead atoms. The van der Waals surface area contributed by atoms with Crippen molar-refractivity contribution in [3.63, 3.8) is 0 Å². The molecule has 4 nitrogen and oxygen atoms in total. The van der Waals surface area contributed by atoms with E-state index in [1.807, 2.05) is 70.2 Å². The number of benzene rings is 2. The van der Waals surface area contributed by atoms with E-state index >= 15 is 0 Å². The molecule has 1 aliphatic heterocycles. The highest BCUT2D eigenvalue weighted by atomic mass is 16.6. The van der Waals surface area contributed by atoms with Crippen LogP contribution in [0.25, 0.3) is 0 Å². The van der Waals surface area contributed by atoms with Gasteiger partial charge >= 0.3 is 6.09 Å². The maximum Gasteiger partial charge on any atom is 0.410 e. The van der Waals surface area contributed by atoms with Crippen LogP contribution in [0, 0.1) is 6.92 Å². The van der Waals surface area contributed by atoms with Crippen LogP contribution in [0.1, 0.15) is 37.5 Å². The summed E-state index contributed by atoms with van der Waals surface area (Å²) in [6.45, 7) is 8.72. The lowest BCUT2D eigenvalue weighted by molar-refractivity contribution is 0.0241.